The highest BCUT2D eigenvalue weighted by Crippen LogP contribution is 2.32. The van der Waals surface area contributed by atoms with Crippen LogP contribution in [0.1, 0.15) is 59.8 Å². The third-order valence-corrected chi connectivity index (χ3v) is 4.79. The van der Waals surface area contributed by atoms with Crippen LogP contribution in [0.5, 0.6) is 5.75 Å². The summed E-state index contributed by atoms with van der Waals surface area (Å²) in [6, 6.07) is 11.8. The maximum absolute atomic E-state index is 13.1. The Morgan fingerprint density at radius 2 is 1.74 bits per heavy atom. The van der Waals surface area contributed by atoms with Crippen molar-refractivity contribution < 1.29 is 14.3 Å². The zero-order valence-corrected chi connectivity index (χ0v) is 17.1. The largest absolute Gasteiger partial charge is 0.493 e. The van der Waals surface area contributed by atoms with Crippen molar-refractivity contribution in [3.63, 3.8) is 0 Å². The summed E-state index contributed by atoms with van der Waals surface area (Å²) >= 11 is 0. The second-order valence-corrected chi connectivity index (χ2v) is 7.08. The van der Waals surface area contributed by atoms with E-state index in [1.807, 2.05) is 50.2 Å². The number of amides is 1. The smallest absolute Gasteiger partial charge is 0.256 e. The lowest BCUT2D eigenvalue weighted by Gasteiger charge is -2.29. The number of carbonyl (C=O) groups excluding carboxylic acids is 1. The minimum Gasteiger partial charge on any atom is -0.493 e. The average molecular weight is 372 g/mol. The summed E-state index contributed by atoms with van der Waals surface area (Å²) in [5, 5.41) is 5.09. The summed E-state index contributed by atoms with van der Waals surface area (Å²) in [4.78, 5) is 13.1. The van der Waals surface area contributed by atoms with Gasteiger partial charge in [-0.15, -0.1) is 0 Å². The van der Waals surface area contributed by atoms with E-state index in [1.54, 1.807) is 0 Å². The number of hydrogen-bond acceptors (Lipinski definition) is 3. The number of nitrogens with one attached hydrogen (secondary N) is 1. The van der Waals surface area contributed by atoms with Crippen LogP contribution in [-0.4, -0.2) is 24.7 Å². The summed E-state index contributed by atoms with van der Waals surface area (Å²) in [6.07, 6.45) is 4.82. The van der Waals surface area contributed by atoms with Crippen LogP contribution in [0.15, 0.2) is 36.4 Å². The first-order chi connectivity index (χ1) is 13.1. The van der Waals surface area contributed by atoms with Gasteiger partial charge in [0.2, 0.25) is 0 Å². The van der Waals surface area contributed by atoms with Crippen molar-refractivity contribution in [3.05, 3.63) is 36.4 Å². The van der Waals surface area contributed by atoms with Crippen LogP contribution in [0.2, 0.25) is 0 Å². The lowest BCUT2D eigenvalue weighted by Crippen LogP contribution is -2.43. The molecule has 2 aromatic carbocycles. The zero-order chi connectivity index (χ0) is 19.7. The first kappa shape index (κ1) is 21.2. The van der Waals surface area contributed by atoms with E-state index < -0.39 is 5.60 Å². The molecule has 0 bridgehead atoms. The van der Waals surface area contributed by atoms with Crippen LogP contribution < -0.4 is 10.1 Å². The van der Waals surface area contributed by atoms with Gasteiger partial charge in [-0.25, -0.2) is 0 Å². The Morgan fingerprint density at radius 1 is 1.00 bits per heavy atom. The first-order valence-electron chi connectivity index (χ1n) is 10.2. The van der Waals surface area contributed by atoms with Gasteiger partial charge in [0.05, 0.1) is 6.61 Å². The fourth-order valence-electron chi connectivity index (χ4n) is 3.21. The van der Waals surface area contributed by atoms with Gasteiger partial charge in [0.25, 0.3) is 5.91 Å². The molecule has 1 amide bonds. The predicted molar refractivity (Wildman–Crippen MR) is 113 cm³/mol. The summed E-state index contributed by atoms with van der Waals surface area (Å²) in [5.41, 5.74) is -0.0221. The Morgan fingerprint density at radius 3 is 2.41 bits per heavy atom. The first-order valence-corrected chi connectivity index (χ1v) is 10.2. The third kappa shape index (κ3) is 5.46. The Hall–Kier alpha value is -2.07. The van der Waals surface area contributed by atoms with Crippen molar-refractivity contribution in [2.24, 2.45) is 0 Å². The molecule has 0 aliphatic heterocycles. The molecule has 0 fully saturated rings. The van der Waals surface area contributed by atoms with Crippen LogP contribution in [0, 0.1) is 0 Å². The van der Waals surface area contributed by atoms with Gasteiger partial charge in [-0.3, -0.25) is 4.79 Å². The lowest BCUT2D eigenvalue weighted by atomic mass is 9.96. The molecule has 1 atom stereocenters. The van der Waals surface area contributed by atoms with Gasteiger partial charge in [-0.05, 0) is 38.8 Å². The molecule has 4 heteroatoms. The maximum atomic E-state index is 13.1. The van der Waals surface area contributed by atoms with E-state index >= 15 is 0 Å². The molecule has 0 aliphatic rings. The van der Waals surface area contributed by atoms with Crippen LogP contribution in [0.3, 0.4) is 0 Å². The molecule has 0 aromatic heterocycles. The Kier molecular flexibility index (Phi) is 8.11. The van der Waals surface area contributed by atoms with Crippen LogP contribution >= 0.6 is 0 Å². The van der Waals surface area contributed by atoms with Crippen molar-refractivity contribution in [3.8, 4) is 5.75 Å². The quantitative estimate of drug-likeness (QED) is 0.497. The molecule has 0 radical (unpaired) electrons. The minimum atomic E-state index is -0.815. The number of benzene rings is 2. The molecule has 0 unspecified atom stereocenters. The van der Waals surface area contributed by atoms with E-state index in [9.17, 15) is 4.79 Å². The standard InChI is InChI=1S/C23H33NO3/c1-5-8-11-16-23(4,27-17-6-2)22(25)24-20-14-15-21(26-7-3)19-13-10-9-12-18(19)20/h9-10,12-15H,5-8,11,16-17H2,1-4H3,(H,24,25)/t23-/m1/s1. The summed E-state index contributed by atoms with van der Waals surface area (Å²) < 4.78 is 11.7. The van der Waals surface area contributed by atoms with Crippen LogP contribution in [0.4, 0.5) is 5.69 Å². The van der Waals surface area contributed by atoms with Gasteiger partial charge in [-0.2, -0.15) is 0 Å². The average Bonchev–Trinajstić information content (AvgIpc) is 2.68. The molecule has 4 nitrogen and oxygen atoms in total. The van der Waals surface area contributed by atoms with Crippen molar-refractivity contribution >= 4 is 22.4 Å². The number of unbranched alkanes of at least 4 members (excludes halogenated alkanes) is 2. The van der Waals surface area contributed by atoms with E-state index in [0.717, 1.165) is 54.3 Å². The highest BCUT2D eigenvalue weighted by atomic mass is 16.5. The molecule has 2 aromatic rings. The molecule has 1 N–H and O–H groups in total. The number of ether oxygens (including phenoxy) is 2. The Balaban J connectivity index is 2.27. The summed E-state index contributed by atoms with van der Waals surface area (Å²) in [5.74, 6) is 0.750. The van der Waals surface area contributed by atoms with Crippen molar-refractivity contribution in [2.75, 3.05) is 18.5 Å². The topological polar surface area (TPSA) is 47.6 Å². The van der Waals surface area contributed by atoms with Gasteiger partial charge in [0.1, 0.15) is 11.4 Å². The van der Waals surface area contributed by atoms with Crippen molar-refractivity contribution in [1.29, 1.82) is 0 Å². The maximum Gasteiger partial charge on any atom is 0.256 e. The third-order valence-electron chi connectivity index (χ3n) is 4.79. The molecule has 0 saturated heterocycles. The highest BCUT2D eigenvalue weighted by molar-refractivity contribution is 6.06. The Labute approximate surface area is 163 Å². The predicted octanol–water partition coefficient (Wildman–Crippen LogP) is 5.94. The van der Waals surface area contributed by atoms with Gasteiger partial charge < -0.3 is 14.8 Å². The van der Waals surface area contributed by atoms with Gasteiger partial charge in [0.15, 0.2) is 0 Å². The molecular weight excluding hydrogens is 338 g/mol. The summed E-state index contributed by atoms with van der Waals surface area (Å²) in [7, 11) is 0. The number of hydrogen-bond donors (Lipinski definition) is 1. The molecule has 0 aliphatic carbocycles. The lowest BCUT2D eigenvalue weighted by molar-refractivity contribution is -0.140. The fourth-order valence-corrected chi connectivity index (χ4v) is 3.21. The van der Waals surface area contributed by atoms with Gasteiger partial charge in [0, 0.05) is 23.1 Å². The summed E-state index contributed by atoms with van der Waals surface area (Å²) in [6.45, 7) is 9.29. The van der Waals surface area contributed by atoms with Crippen molar-refractivity contribution in [2.45, 2.75) is 65.4 Å². The number of fused-ring (bicyclic) bond motifs is 1. The second kappa shape index (κ2) is 10.3. The monoisotopic (exact) mass is 371 g/mol. The van der Waals surface area contributed by atoms with E-state index in [0.29, 0.717) is 13.2 Å². The second-order valence-electron chi connectivity index (χ2n) is 7.08. The molecule has 27 heavy (non-hydrogen) atoms. The molecular formula is C23H33NO3. The van der Waals surface area contributed by atoms with E-state index in [2.05, 4.69) is 19.2 Å². The molecule has 0 heterocycles. The zero-order valence-electron chi connectivity index (χ0n) is 17.1. The molecule has 2 rings (SSSR count). The number of carbonyl (C=O) groups is 1. The number of rotatable bonds is 11. The SMILES string of the molecule is CCCCC[C@@](C)(OCCC)C(=O)Nc1ccc(OCC)c2ccccc12. The van der Waals surface area contributed by atoms with Crippen LogP contribution in [0.25, 0.3) is 10.8 Å². The molecule has 0 spiro atoms. The van der Waals surface area contributed by atoms with E-state index in [1.165, 1.54) is 0 Å². The van der Waals surface area contributed by atoms with Gasteiger partial charge >= 0.3 is 0 Å². The Bertz CT molecular complexity index is 743. The van der Waals surface area contributed by atoms with Crippen LogP contribution in [-0.2, 0) is 9.53 Å². The molecule has 148 valence electrons. The van der Waals surface area contributed by atoms with Crippen molar-refractivity contribution in [1.82, 2.24) is 0 Å². The van der Waals surface area contributed by atoms with Gasteiger partial charge in [-0.1, -0.05) is 57.4 Å². The van der Waals surface area contributed by atoms with E-state index in [4.69, 9.17) is 9.47 Å². The minimum absolute atomic E-state index is 0.0821. The molecule has 0 saturated carbocycles. The number of anilines is 1. The van der Waals surface area contributed by atoms with E-state index in [-0.39, 0.29) is 5.91 Å². The fraction of sp³-hybridized carbons (Fsp3) is 0.522. The normalized spacial score (nSPS) is 13.3. The highest BCUT2D eigenvalue weighted by Gasteiger charge is 2.33.